The van der Waals surface area contributed by atoms with Gasteiger partial charge in [0, 0.05) is 0 Å². The number of nitrogens with one attached hydrogen (secondary N) is 2. The molecule has 1 aliphatic heterocycles. The van der Waals surface area contributed by atoms with Gasteiger partial charge in [0.15, 0.2) is 23.2 Å². The predicted molar refractivity (Wildman–Crippen MR) is 142 cm³/mol. The lowest BCUT2D eigenvalue weighted by Gasteiger charge is -2.14. The van der Waals surface area contributed by atoms with Gasteiger partial charge in [-0.05, 0) is 72.7 Å². The number of benzene rings is 3. The number of hydrogen-bond donors (Lipinski definition) is 2. The largest absolute Gasteiger partial charge is 0.495 e. The Morgan fingerprint density at radius 2 is 1.78 bits per heavy atom. The number of nitrogens with zero attached hydrogens (tertiary/aromatic N) is 1. The summed E-state index contributed by atoms with van der Waals surface area (Å²) in [6, 6.07) is 19.8. The minimum atomic E-state index is -0.349. The third-order valence-corrected chi connectivity index (χ3v) is 5.66. The smallest absolute Gasteiger partial charge is 0.281 e. The molecule has 2 amide bonds. The number of anilines is 2. The molecule has 0 unspecified atom stereocenters. The summed E-state index contributed by atoms with van der Waals surface area (Å²) in [5.74, 6) is 0.753. The van der Waals surface area contributed by atoms with Gasteiger partial charge in [0.1, 0.15) is 11.4 Å². The number of ether oxygens (including phenoxy) is 3. The van der Waals surface area contributed by atoms with Gasteiger partial charge in [-0.1, -0.05) is 30.3 Å². The van der Waals surface area contributed by atoms with Gasteiger partial charge < -0.3 is 24.8 Å². The molecule has 2 N–H and O–H groups in total. The Morgan fingerprint density at radius 1 is 1.00 bits per heavy atom. The van der Waals surface area contributed by atoms with E-state index in [0.29, 0.717) is 45.0 Å². The van der Waals surface area contributed by atoms with Crippen LogP contribution in [0.25, 0.3) is 6.08 Å². The lowest BCUT2D eigenvalue weighted by atomic mass is 10.1. The third-order valence-electron chi connectivity index (χ3n) is 5.38. The van der Waals surface area contributed by atoms with Crippen molar-refractivity contribution in [3.05, 3.63) is 83.6 Å². The Labute approximate surface area is 214 Å². The molecule has 3 aromatic carbocycles. The average Bonchev–Trinajstić information content (AvgIpc) is 3.15. The maximum atomic E-state index is 13.0. The van der Waals surface area contributed by atoms with E-state index in [2.05, 4.69) is 10.6 Å². The van der Waals surface area contributed by atoms with Crippen molar-refractivity contribution < 1.29 is 23.8 Å². The number of carbonyl (C=O) groups is 2. The topological polar surface area (TPSA) is 89.1 Å². The van der Waals surface area contributed by atoms with Crippen LogP contribution in [0, 0.1) is 6.92 Å². The van der Waals surface area contributed by atoms with Gasteiger partial charge in [0.05, 0.1) is 25.6 Å². The first-order valence-corrected chi connectivity index (χ1v) is 11.5. The van der Waals surface area contributed by atoms with Crippen molar-refractivity contribution in [2.75, 3.05) is 31.0 Å². The maximum absolute atomic E-state index is 13.0. The van der Waals surface area contributed by atoms with Gasteiger partial charge in [-0.25, -0.2) is 0 Å². The number of rotatable bonds is 8. The van der Waals surface area contributed by atoms with Crippen LogP contribution in [0.1, 0.15) is 11.1 Å². The molecule has 1 saturated heterocycles. The highest BCUT2D eigenvalue weighted by molar-refractivity contribution is 7.80. The first-order valence-electron chi connectivity index (χ1n) is 11.1. The third kappa shape index (κ3) is 5.47. The summed E-state index contributed by atoms with van der Waals surface area (Å²) < 4.78 is 16.4. The van der Waals surface area contributed by atoms with Crippen LogP contribution in [0.15, 0.2) is 72.4 Å². The van der Waals surface area contributed by atoms with Gasteiger partial charge in [0.2, 0.25) is 0 Å². The summed E-state index contributed by atoms with van der Waals surface area (Å²) in [5.41, 5.74) is 3.32. The zero-order chi connectivity index (χ0) is 25.7. The highest BCUT2D eigenvalue weighted by Crippen LogP contribution is 2.30. The molecule has 3 aromatic rings. The monoisotopic (exact) mass is 503 g/mol. The van der Waals surface area contributed by atoms with Crippen molar-refractivity contribution in [1.82, 2.24) is 5.32 Å². The van der Waals surface area contributed by atoms with Crippen LogP contribution in [-0.2, 0) is 9.59 Å². The van der Waals surface area contributed by atoms with Gasteiger partial charge in [-0.15, -0.1) is 0 Å². The summed E-state index contributed by atoms with van der Waals surface area (Å²) in [7, 11) is 3.03. The highest BCUT2D eigenvalue weighted by Gasteiger charge is 2.32. The summed E-state index contributed by atoms with van der Waals surface area (Å²) in [5, 5.41) is 6.05. The maximum Gasteiger partial charge on any atom is 0.281 e. The molecule has 0 atom stereocenters. The summed E-state index contributed by atoms with van der Waals surface area (Å²) in [4.78, 5) is 26.9. The second-order valence-corrected chi connectivity index (χ2v) is 8.30. The Morgan fingerprint density at radius 3 is 2.53 bits per heavy atom. The van der Waals surface area contributed by atoms with Gasteiger partial charge in [-0.2, -0.15) is 0 Å². The zero-order valence-electron chi connectivity index (χ0n) is 20.0. The van der Waals surface area contributed by atoms with E-state index in [1.54, 1.807) is 42.5 Å². The number of hydrogen-bond acceptors (Lipinski definition) is 6. The fraction of sp³-hybridized carbons (Fsp3) is 0.148. The van der Waals surface area contributed by atoms with Crippen molar-refractivity contribution in [2.24, 2.45) is 0 Å². The van der Waals surface area contributed by atoms with Crippen molar-refractivity contribution in [3.8, 4) is 17.2 Å². The molecule has 1 aliphatic rings. The average molecular weight is 504 g/mol. The van der Waals surface area contributed by atoms with E-state index < -0.39 is 0 Å². The zero-order valence-corrected chi connectivity index (χ0v) is 20.8. The standard InChI is InChI=1S/C27H25N3O5S/c1-17-7-6-8-19(13-17)30-26(32)21(29-27(30)36)14-18-11-12-23(24(15-18)34-3)35-16-25(31)28-20-9-4-5-10-22(20)33-2/h4-15H,16H2,1-3H3,(H,28,31)(H,29,36)/b21-14+. The number of thiocarbonyl (C=S) groups is 1. The number of amides is 2. The predicted octanol–water partition coefficient (Wildman–Crippen LogP) is 4.29. The van der Waals surface area contributed by atoms with E-state index in [-0.39, 0.29) is 18.4 Å². The molecule has 9 heteroatoms. The molecule has 0 aliphatic carbocycles. The summed E-state index contributed by atoms with van der Waals surface area (Å²) in [6.07, 6.45) is 1.69. The SMILES string of the molecule is COc1ccccc1NC(=O)COc1ccc(/C=C2/NC(=S)N(c3cccc(C)c3)C2=O)cc1OC. The summed E-state index contributed by atoms with van der Waals surface area (Å²) in [6.45, 7) is 1.73. The van der Waals surface area contributed by atoms with Crippen LogP contribution >= 0.6 is 12.2 Å². The minimum absolute atomic E-state index is 0.228. The molecule has 1 fully saturated rings. The summed E-state index contributed by atoms with van der Waals surface area (Å²) >= 11 is 5.39. The van der Waals surface area contributed by atoms with Crippen LogP contribution < -0.4 is 29.7 Å². The molecular weight excluding hydrogens is 478 g/mol. The first-order chi connectivity index (χ1) is 17.4. The van der Waals surface area contributed by atoms with Crippen molar-refractivity contribution in [2.45, 2.75) is 6.92 Å². The molecule has 1 heterocycles. The second-order valence-electron chi connectivity index (χ2n) is 7.92. The van der Waals surface area contributed by atoms with Crippen LogP contribution in [0.3, 0.4) is 0 Å². The van der Waals surface area contributed by atoms with E-state index in [4.69, 9.17) is 26.4 Å². The van der Waals surface area contributed by atoms with E-state index in [1.165, 1.54) is 19.1 Å². The van der Waals surface area contributed by atoms with Crippen LogP contribution in [0.4, 0.5) is 11.4 Å². The van der Waals surface area contributed by atoms with Crippen molar-refractivity contribution in [3.63, 3.8) is 0 Å². The van der Waals surface area contributed by atoms with E-state index in [9.17, 15) is 9.59 Å². The van der Waals surface area contributed by atoms with Gasteiger partial charge in [0.25, 0.3) is 11.8 Å². The molecule has 0 spiro atoms. The molecule has 184 valence electrons. The number of methoxy groups -OCH3 is 2. The van der Waals surface area contributed by atoms with E-state index >= 15 is 0 Å². The number of para-hydroxylation sites is 2. The molecular formula is C27H25N3O5S. The molecule has 0 aromatic heterocycles. The lowest BCUT2D eigenvalue weighted by molar-refractivity contribution is -0.118. The van der Waals surface area contributed by atoms with Gasteiger partial charge >= 0.3 is 0 Å². The molecule has 0 radical (unpaired) electrons. The molecule has 0 bridgehead atoms. The normalized spacial score (nSPS) is 14.0. The Balaban J connectivity index is 1.45. The van der Waals surface area contributed by atoms with Crippen LogP contribution in [0.2, 0.25) is 0 Å². The number of aryl methyl sites for hydroxylation is 1. The Bertz CT molecular complexity index is 1350. The van der Waals surface area contributed by atoms with Gasteiger partial charge in [-0.3, -0.25) is 14.5 Å². The van der Waals surface area contributed by atoms with Crippen LogP contribution in [-0.4, -0.2) is 37.8 Å². The molecule has 36 heavy (non-hydrogen) atoms. The Kier molecular flexibility index (Phi) is 7.50. The fourth-order valence-corrected chi connectivity index (χ4v) is 3.97. The van der Waals surface area contributed by atoms with Crippen LogP contribution in [0.5, 0.6) is 17.2 Å². The number of carbonyl (C=O) groups excluding carboxylic acids is 2. The lowest BCUT2D eigenvalue weighted by Crippen LogP contribution is -2.30. The second kappa shape index (κ2) is 10.9. The van der Waals surface area contributed by atoms with E-state index in [1.807, 2.05) is 37.3 Å². The molecule has 8 nitrogen and oxygen atoms in total. The fourth-order valence-electron chi connectivity index (χ4n) is 3.67. The molecule has 0 saturated carbocycles. The highest BCUT2D eigenvalue weighted by atomic mass is 32.1. The van der Waals surface area contributed by atoms with E-state index in [0.717, 1.165) is 5.56 Å². The first kappa shape index (κ1) is 24.7. The molecule has 4 rings (SSSR count). The minimum Gasteiger partial charge on any atom is -0.495 e. The Hall–Kier alpha value is -4.37. The van der Waals surface area contributed by atoms with Crippen molar-refractivity contribution >= 4 is 46.6 Å². The quantitative estimate of drug-likeness (QED) is 0.350. The van der Waals surface area contributed by atoms with Crippen molar-refractivity contribution in [1.29, 1.82) is 0 Å².